The first kappa shape index (κ1) is 12.8. The summed E-state index contributed by atoms with van der Waals surface area (Å²) in [6, 6.07) is 0. The van der Waals surface area contributed by atoms with E-state index in [0.29, 0.717) is 0 Å². The van der Waals surface area contributed by atoms with Crippen LogP contribution in [0.1, 0.15) is 20.3 Å². The Kier molecular flexibility index (Phi) is 5.48. The molecule has 0 fully saturated rings. The molecule has 13 heavy (non-hydrogen) atoms. The van der Waals surface area contributed by atoms with Crippen LogP contribution in [0.3, 0.4) is 0 Å². The molecule has 80 valence electrons. The molecule has 0 aromatic carbocycles. The molecule has 4 nitrogen and oxygen atoms in total. The monoisotopic (exact) mass is 192 g/mol. The molecule has 2 unspecified atom stereocenters. The van der Waals surface area contributed by atoms with Crippen LogP contribution < -0.4 is 0 Å². The van der Waals surface area contributed by atoms with Crippen molar-refractivity contribution in [3.05, 3.63) is 0 Å². The summed E-state index contributed by atoms with van der Waals surface area (Å²) < 4.78 is 0. The molecule has 0 saturated carbocycles. The van der Waals surface area contributed by atoms with Gasteiger partial charge in [-0.2, -0.15) is 0 Å². The van der Waals surface area contributed by atoms with Crippen LogP contribution in [0, 0.1) is 11.8 Å². The van der Waals surface area contributed by atoms with Crippen molar-refractivity contribution < 1.29 is 20.4 Å². The van der Waals surface area contributed by atoms with E-state index in [9.17, 15) is 5.11 Å². The van der Waals surface area contributed by atoms with Gasteiger partial charge in [-0.25, -0.2) is 0 Å². The van der Waals surface area contributed by atoms with Crippen LogP contribution in [0.15, 0.2) is 0 Å². The predicted molar refractivity (Wildman–Crippen MR) is 49.2 cm³/mol. The van der Waals surface area contributed by atoms with Crippen molar-refractivity contribution in [2.75, 3.05) is 19.8 Å². The molecular formula is C9H20O4. The minimum absolute atomic E-state index is 0.0636. The lowest BCUT2D eigenvalue weighted by Gasteiger charge is -2.35. The average molecular weight is 192 g/mol. The molecule has 0 spiro atoms. The van der Waals surface area contributed by atoms with Crippen molar-refractivity contribution >= 4 is 0 Å². The lowest BCUT2D eigenvalue weighted by molar-refractivity contribution is -0.103. The van der Waals surface area contributed by atoms with E-state index in [4.69, 9.17) is 15.3 Å². The molecule has 0 saturated heterocycles. The largest absolute Gasteiger partial charge is 0.396 e. The fourth-order valence-corrected chi connectivity index (χ4v) is 1.58. The Morgan fingerprint density at radius 1 is 1.15 bits per heavy atom. The van der Waals surface area contributed by atoms with Gasteiger partial charge < -0.3 is 20.4 Å². The second-order valence-electron chi connectivity index (χ2n) is 3.77. The Balaban J connectivity index is 4.48. The molecule has 0 radical (unpaired) electrons. The molecule has 0 amide bonds. The zero-order chi connectivity index (χ0) is 10.5. The smallest absolute Gasteiger partial charge is 0.0951 e. The Labute approximate surface area is 78.8 Å². The molecule has 2 atom stereocenters. The van der Waals surface area contributed by atoms with Gasteiger partial charge in [-0.3, -0.25) is 0 Å². The average Bonchev–Trinajstić information content (AvgIpc) is 2.05. The first-order valence-corrected chi connectivity index (χ1v) is 4.56. The summed E-state index contributed by atoms with van der Waals surface area (Å²) >= 11 is 0. The highest BCUT2D eigenvalue weighted by Crippen LogP contribution is 2.27. The van der Waals surface area contributed by atoms with Crippen LogP contribution in [0.25, 0.3) is 0 Å². The zero-order valence-corrected chi connectivity index (χ0v) is 8.27. The third-order valence-electron chi connectivity index (χ3n) is 2.51. The van der Waals surface area contributed by atoms with Gasteiger partial charge in [0.25, 0.3) is 0 Å². The van der Waals surface area contributed by atoms with Gasteiger partial charge in [0.1, 0.15) is 0 Å². The molecule has 4 heteroatoms. The summed E-state index contributed by atoms with van der Waals surface area (Å²) in [5.74, 6) is -0.335. The molecule has 0 aromatic heterocycles. The van der Waals surface area contributed by atoms with E-state index in [-0.39, 0.29) is 25.6 Å². The van der Waals surface area contributed by atoms with Crippen molar-refractivity contribution in [3.63, 3.8) is 0 Å². The van der Waals surface area contributed by atoms with Crippen molar-refractivity contribution in [1.29, 1.82) is 0 Å². The zero-order valence-electron chi connectivity index (χ0n) is 8.27. The number of hydrogen-bond acceptors (Lipinski definition) is 4. The summed E-state index contributed by atoms with van der Waals surface area (Å²) in [5, 5.41) is 36.6. The summed E-state index contributed by atoms with van der Waals surface area (Å²) in [6.45, 7) is 2.91. The summed E-state index contributed by atoms with van der Waals surface area (Å²) in [4.78, 5) is 0. The molecule has 4 N–H and O–H groups in total. The van der Waals surface area contributed by atoms with Gasteiger partial charge in [0, 0.05) is 25.6 Å². The van der Waals surface area contributed by atoms with Gasteiger partial charge in [0.15, 0.2) is 0 Å². The van der Waals surface area contributed by atoms with Gasteiger partial charge >= 0.3 is 0 Å². The van der Waals surface area contributed by atoms with E-state index in [1.165, 1.54) is 0 Å². The number of aliphatic hydroxyl groups is 4. The van der Waals surface area contributed by atoms with Crippen molar-refractivity contribution in [2.45, 2.75) is 25.9 Å². The van der Waals surface area contributed by atoms with Crippen LogP contribution in [0.2, 0.25) is 0 Å². The fourth-order valence-electron chi connectivity index (χ4n) is 1.58. The Bertz CT molecular complexity index is 138. The summed E-state index contributed by atoms with van der Waals surface area (Å²) in [6.07, 6.45) is 0.0902. The third kappa shape index (κ3) is 3.23. The highest BCUT2D eigenvalue weighted by molar-refractivity contribution is 4.87. The maximum absolute atomic E-state index is 9.88. The maximum Gasteiger partial charge on any atom is 0.0951 e. The normalized spacial score (nSPS) is 18.7. The van der Waals surface area contributed by atoms with E-state index in [1.54, 1.807) is 0 Å². The van der Waals surface area contributed by atoms with Crippen LogP contribution in [0.5, 0.6) is 0 Å². The van der Waals surface area contributed by atoms with Gasteiger partial charge in [0.05, 0.1) is 12.2 Å². The first-order valence-electron chi connectivity index (χ1n) is 4.56. The topological polar surface area (TPSA) is 80.9 Å². The first-order chi connectivity index (χ1) is 6.01. The van der Waals surface area contributed by atoms with E-state index < -0.39 is 18.1 Å². The van der Waals surface area contributed by atoms with Crippen molar-refractivity contribution in [2.24, 2.45) is 11.8 Å². The molecule has 0 bridgehead atoms. The Morgan fingerprint density at radius 2 is 1.69 bits per heavy atom. The summed E-state index contributed by atoms with van der Waals surface area (Å²) in [5.41, 5.74) is -1.36. The minimum Gasteiger partial charge on any atom is -0.396 e. The van der Waals surface area contributed by atoms with E-state index in [2.05, 4.69) is 0 Å². The molecule has 0 rings (SSSR count). The molecule has 0 aliphatic heterocycles. The molecule has 0 aliphatic carbocycles. The van der Waals surface area contributed by atoms with Crippen LogP contribution >= 0.6 is 0 Å². The van der Waals surface area contributed by atoms with Gasteiger partial charge in [-0.05, 0) is 5.92 Å². The maximum atomic E-state index is 9.88. The standard InChI is InChI=1S/C9H20O4/c1-7(2)8(5-11)9(13,6-12)3-4-10/h7-8,10-13H,3-6H2,1-2H3. The van der Waals surface area contributed by atoms with Crippen molar-refractivity contribution in [3.8, 4) is 0 Å². The van der Waals surface area contributed by atoms with Crippen LogP contribution in [0.4, 0.5) is 0 Å². The SMILES string of the molecule is CC(C)C(CO)C(O)(CO)CCO. The third-order valence-corrected chi connectivity index (χ3v) is 2.51. The summed E-state index contributed by atoms with van der Waals surface area (Å²) in [7, 11) is 0. The molecular weight excluding hydrogens is 172 g/mol. The van der Waals surface area contributed by atoms with Gasteiger partial charge in [-0.1, -0.05) is 13.8 Å². The lowest BCUT2D eigenvalue weighted by atomic mass is 9.78. The number of aliphatic hydroxyl groups excluding tert-OH is 3. The molecule has 0 heterocycles. The predicted octanol–water partition coefficient (Wildman–Crippen LogP) is -0.643. The quantitative estimate of drug-likeness (QED) is 0.451. The Hall–Kier alpha value is -0.160. The van der Waals surface area contributed by atoms with Crippen molar-refractivity contribution in [1.82, 2.24) is 0 Å². The highest BCUT2D eigenvalue weighted by atomic mass is 16.3. The molecule has 0 aliphatic rings. The van der Waals surface area contributed by atoms with Gasteiger partial charge in [-0.15, -0.1) is 0 Å². The second kappa shape index (κ2) is 5.54. The van der Waals surface area contributed by atoms with Crippen LogP contribution in [-0.2, 0) is 0 Å². The number of hydrogen-bond donors (Lipinski definition) is 4. The highest BCUT2D eigenvalue weighted by Gasteiger charge is 2.37. The second-order valence-corrected chi connectivity index (χ2v) is 3.77. The minimum atomic E-state index is -1.36. The lowest BCUT2D eigenvalue weighted by Crippen LogP contribution is -2.46. The van der Waals surface area contributed by atoms with Crippen LogP contribution in [-0.4, -0.2) is 45.8 Å². The Morgan fingerprint density at radius 3 is 1.92 bits per heavy atom. The van der Waals surface area contributed by atoms with E-state index >= 15 is 0 Å². The number of rotatable bonds is 6. The molecule has 0 aromatic rings. The fraction of sp³-hybridized carbons (Fsp3) is 1.00. The van der Waals surface area contributed by atoms with E-state index in [1.807, 2.05) is 13.8 Å². The van der Waals surface area contributed by atoms with E-state index in [0.717, 1.165) is 0 Å². The van der Waals surface area contributed by atoms with Gasteiger partial charge in [0.2, 0.25) is 0 Å².